The van der Waals surface area contributed by atoms with Crippen molar-refractivity contribution in [3.63, 3.8) is 0 Å². The lowest BCUT2D eigenvalue weighted by molar-refractivity contribution is -0.167. The summed E-state index contributed by atoms with van der Waals surface area (Å²) in [6.45, 7) is 11.3. The third-order valence-electron chi connectivity index (χ3n) is 10.8. The van der Waals surface area contributed by atoms with Gasteiger partial charge in [0.1, 0.15) is 13.2 Å². The Morgan fingerprint density at radius 1 is 0.396 bits per heavy atom. The molecule has 0 spiro atoms. The van der Waals surface area contributed by atoms with E-state index in [0.29, 0.717) is 19.3 Å². The second-order valence-corrected chi connectivity index (χ2v) is 16.8. The monoisotopic (exact) mass is 751 g/mol. The Balaban J connectivity index is 4.33. The van der Waals surface area contributed by atoms with Gasteiger partial charge < -0.3 is 14.2 Å². The Kier molecular flexibility index (Phi) is 38.9. The number of carbonyl (C=O) groups excluding carboxylic acids is 3. The summed E-state index contributed by atoms with van der Waals surface area (Å²) >= 11 is 0. The molecule has 0 fully saturated rings. The van der Waals surface area contributed by atoms with Gasteiger partial charge in [0.05, 0.1) is 0 Å². The van der Waals surface area contributed by atoms with Crippen LogP contribution >= 0.6 is 0 Å². The fourth-order valence-electron chi connectivity index (χ4n) is 6.90. The van der Waals surface area contributed by atoms with E-state index in [1.807, 2.05) is 0 Å². The van der Waals surface area contributed by atoms with Gasteiger partial charge >= 0.3 is 17.9 Å². The highest BCUT2D eigenvalue weighted by Gasteiger charge is 2.19. The fraction of sp³-hybridized carbons (Fsp3) is 0.936. The zero-order chi connectivity index (χ0) is 39.0. The molecule has 2 atom stereocenters. The van der Waals surface area contributed by atoms with Crippen LogP contribution in [0.5, 0.6) is 0 Å². The summed E-state index contributed by atoms with van der Waals surface area (Å²) in [5, 5.41) is 0. The minimum absolute atomic E-state index is 0.0651. The van der Waals surface area contributed by atoms with Crippen LogP contribution in [0.15, 0.2) is 0 Å². The van der Waals surface area contributed by atoms with Crippen LogP contribution in [0.3, 0.4) is 0 Å². The van der Waals surface area contributed by atoms with Gasteiger partial charge in [-0.1, -0.05) is 214 Å². The molecular formula is C47H90O6. The first kappa shape index (κ1) is 51.4. The van der Waals surface area contributed by atoms with E-state index in [-0.39, 0.29) is 31.1 Å². The predicted octanol–water partition coefficient (Wildman–Crippen LogP) is 14.6. The molecule has 6 nitrogen and oxygen atoms in total. The lowest BCUT2D eigenvalue weighted by Crippen LogP contribution is -2.30. The van der Waals surface area contributed by atoms with Crippen molar-refractivity contribution in [2.75, 3.05) is 13.2 Å². The highest BCUT2D eigenvalue weighted by molar-refractivity contribution is 5.71. The minimum atomic E-state index is -0.760. The van der Waals surface area contributed by atoms with Crippen LogP contribution in [-0.2, 0) is 28.6 Å². The molecule has 0 aromatic carbocycles. The molecule has 0 aromatic rings. The number of ether oxygens (including phenoxy) is 3. The first-order chi connectivity index (χ1) is 25.8. The zero-order valence-corrected chi connectivity index (χ0v) is 36.1. The van der Waals surface area contributed by atoms with Crippen molar-refractivity contribution in [2.45, 2.75) is 259 Å². The summed E-state index contributed by atoms with van der Waals surface area (Å²) in [5.74, 6) is 0.813. The number of esters is 3. The molecule has 1 unspecified atom stereocenters. The summed E-state index contributed by atoms with van der Waals surface area (Å²) < 4.78 is 16.7. The summed E-state index contributed by atoms with van der Waals surface area (Å²) in [7, 11) is 0. The molecule has 0 aliphatic rings. The van der Waals surface area contributed by atoms with E-state index >= 15 is 0 Å². The molecule has 53 heavy (non-hydrogen) atoms. The molecule has 0 aliphatic heterocycles. The lowest BCUT2D eigenvalue weighted by atomic mass is 9.99. The maximum Gasteiger partial charge on any atom is 0.306 e. The third-order valence-corrected chi connectivity index (χ3v) is 10.8. The quantitative estimate of drug-likeness (QED) is 0.0352. The van der Waals surface area contributed by atoms with E-state index in [2.05, 4.69) is 34.6 Å². The number of unbranched alkanes of at least 4 members (excludes halogenated alkanes) is 25. The van der Waals surface area contributed by atoms with Gasteiger partial charge in [-0.25, -0.2) is 0 Å². The van der Waals surface area contributed by atoms with Crippen LogP contribution in [0.25, 0.3) is 0 Å². The molecule has 0 radical (unpaired) electrons. The van der Waals surface area contributed by atoms with Crippen molar-refractivity contribution in [2.24, 2.45) is 11.8 Å². The van der Waals surface area contributed by atoms with Gasteiger partial charge in [-0.2, -0.15) is 0 Å². The minimum Gasteiger partial charge on any atom is -0.462 e. The first-order valence-electron chi connectivity index (χ1n) is 23.3. The van der Waals surface area contributed by atoms with E-state index in [4.69, 9.17) is 14.2 Å². The summed E-state index contributed by atoms with van der Waals surface area (Å²) in [5.41, 5.74) is 0. The SMILES string of the molecule is CCCCCCCCCCCC(=O)OC[C@H](COC(=O)CCCCCCCCCCC(C)CC)OC(=O)CCCCCCCCCCCCCC(C)C. The smallest absolute Gasteiger partial charge is 0.306 e. The fourth-order valence-corrected chi connectivity index (χ4v) is 6.90. The number of hydrogen-bond donors (Lipinski definition) is 0. The van der Waals surface area contributed by atoms with Crippen molar-refractivity contribution < 1.29 is 28.6 Å². The molecule has 0 amide bonds. The largest absolute Gasteiger partial charge is 0.462 e. The van der Waals surface area contributed by atoms with Crippen LogP contribution in [-0.4, -0.2) is 37.2 Å². The van der Waals surface area contributed by atoms with E-state index < -0.39 is 6.10 Å². The molecule has 0 saturated carbocycles. The third kappa shape index (κ3) is 39.9. The van der Waals surface area contributed by atoms with E-state index in [1.54, 1.807) is 0 Å². The predicted molar refractivity (Wildman–Crippen MR) is 224 cm³/mol. The van der Waals surface area contributed by atoms with Crippen molar-refractivity contribution in [3.05, 3.63) is 0 Å². The first-order valence-corrected chi connectivity index (χ1v) is 23.3. The zero-order valence-electron chi connectivity index (χ0n) is 36.1. The Labute approximate surface area is 329 Å². The Hall–Kier alpha value is -1.59. The average molecular weight is 751 g/mol. The molecular weight excluding hydrogens is 661 g/mol. The summed E-state index contributed by atoms with van der Waals surface area (Å²) in [6.07, 6.45) is 38.0. The number of hydrogen-bond acceptors (Lipinski definition) is 6. The molecule has 0 aromatic heterocycles. The molecule has 0 rings (SSSR count). The molecule has 0 N–H and O–H groups in total. The van der Waals surface area contributed by atoms with Gasteiger partial charge in [-0.05, 0) is 31.1 Å². The van der Waals surface area contributed by atoms with Crippen LogP contribution in [0.2, 0.25) is 0 Å². The van der Waals surface area contributed by atoms with Crippen LogP contribution in [0.1, 0.15) is 253 Å². The van der Waals surface area contributed by atoms with Crippen LogP contribution in [0.4, 0.5) is 0 Å². The summed E-state index contributed by atoms with van der Waals surface area (Å²) in [6, 6.07) is 0. The maximum absolute atomic E-state index is 12.7. The van der Waals surface area contributed by atoms with Gasteiger partial charge in [-0.15, -0.1) is 0 Å². The highest BCUT2D eigenvalue weighted by atomic mass is 16.6. The molecule has 0 aliphatic carbocycles. The van der Waals surface area contributed by atoms with Gasteiger partial charge in [-0.3, -0.25) is 14.4 Å². The number of carbonyl (C=O) groups is 3. The van der Waals surface area contributed by atoms with E-state index in [1.165, 1.54) is 141 Å². The Morgan fingerprint density at radius 2 is 0.717 bits per heavy atom. The second-order valence-electron chi connectivity index (χ2n) is 16.8. The van der Waals surface area contributed by atoms with Crippen LogP contribution < -0.4 is 0 Å². The van der Waals surface area contributed by atoms with Gasteiger partial charge in [0.25, 0.3) is 0 Å². The normalized spacial score (nSPS) is 12.6. The maximum atomic E-state index is 12.7. The average Bonchev–Trinajstić information content (AvgIpc) is 3.14. The van der Waals surface area contributed by atoms with Crippen molar-refractivity contribution in [1.29, 1.82) is 0 Å². The number of rotatable bonds is 41. The summed E-state index contributed by atoms with van der Waals surface area (Å²) in [4.78, 5) is 37.7. The van der Waals surface area contributed by atoms with E-state index in [0.717, 1.165) is 69.6 Å². The highest BCUT2D eigenvalue weighted by Crippen LogP contribution is 2.17. The van der Waals surface area contributed by atoms with Crippen molar-refractivity contribution in [1.82, 2.24) is 0 Å². The molecule has 6 heteroatoms. The lowest BCUT2D eigenvalue weighted by Gasteiger charge is -2.18. The van der Waals surface area contributed by atoms with Crippen molar-refractivity contribution in [3.8, 4) is 0 Å². The molecule has 0 heterocycles. The van der Waals surface area contributed by atoms with Gasteiger partial charge in [0.15, 0.2) is 6.10 Å². The Bertz CT molecular complexity index is 811. The van der Waals surface area contributed by atoms with E-state index in [9.17, 15) is 14.4 Å². The molecule has 0 saturated heterocycles. The van der Waals surface area contributed by atoms with Gasteiger partial charge in [0, 0.05) is 19.3 Å². The topological polar surface area (TPSA) is 78.9 Å². The van der Waals surface area contributed by atoms with Crippen molar-refractivity contribution >= 4 is 17.9 Å². The Morgan fingerprint density at radius 3 is 1.08 bits per heavy atom. The molecule has 0 bridgehead atoms. The second kappa shape index (κ2) is 40.1. The standard InChI is InChI=1S/C47H90O6/c1-6-8-9-10-11-15-22-27-32-37-45(48)51-40-44(41-52-46(49)38-33-28-23-19-18-21-26-31-36-43(5)7-2)53-47(50)39-34-29-24-17-14-12-13-16-20-25-30-35-42(3)4/h42-44H,6-41H2,1-5H3/t43?,44-/m1/s1. The molecule has 314 valence electrons. The van der Waals surface area contributed by atoms with Crippen LogP contribution in [0, 0.1) is 11.8 Å². The van der Waals surface area contributed by atoms with Gasteiger partial charge in [0.2, 0.25) is 0 Å².